The minimum atomic E-state index is -0.727. The molecule has 0 unspecified atom stereocenters. The second-order valence-corrected chi connectivity index (χ2v) is 6.32. The Hall–Kier alpha value is -0.810. The molecular weight excluding hydrogens is 317 g/mol. The highest BCUT2D eigenvalue weighted by molar-refractivity contribution is 7.19. The lowest BCUT2D eigenvalue weighted by Gasteiger charge is -2.20. The number of aliphatic carboxylic acids is 1. The molecule has 1 aliphatic rings. The summed E-state index contributed by atoms with van der Waals surface area (Å²) in [6.07, 6.45) is 1.68. The lowest BCUT2D eigenvalue weighted by molar-refractivity contribution is -0.142. The van der Waals surface area contributed by atoms with Crippen molar-refractivity contribution in [2.24, 2.45) is 0 Å². The number of carboxylic acids is 1. The van der Waals surface area contributed by atoms with Gasteiger partial charge in [0.1, 0.15) is 6.04 Å². The summed E-state index contributed by atoms with van der Waals surface area (Å²) in [7, 11) is 0. The van der Waals surface area contributed by atoms with Crippen molar-refractivity contribution >= 4 is 51.4 Å². The molecule has 1 aliphatic heterocycles. The number of rotatable bonds is 3. The van der Waals surface area contributed by atoms with E-state index in [4.69, 9.17) is 11.6 Å². The number of nitrogens with zero attached hydrogens (tertiary/aromatic N) is 1. The highest BCUT2D eigenvalue weighted by Crippen LogP contribution is 2.36. The molecule has 1 aromatic heterocycles. The van der Waals surface area contributed by atoms with Crippen LogP contribution in [0.4, 0.5) is 0 Å². The van der Waals surface area contributed by atoms with Crippen LogP contribution >= 0.6 is 35.3 Å². The molecule has 108 valence electrons. The van der Waals surface area contributed by atoms with Crippen LogP contribution in [0.5, 0.6) is 0 Å². The molecule has 20 heavy (non-hydrogen) atoms. The Bertz CT molecular complexity index is 629. The van der Waals surface area contributed by atoms with E-state index in [1.165, 1.54) is 0 Å². The number of carbonyl (C=O) groups is 1. The van der Waals surface area contributed by atoms with Gasteiger partial charge in [-0.1, -0.05) is 29.8 Å². The van der Waals surface area contributed by atoms with Crippen molar-refractivity contribution in [1.29, 1.82) is 0 Å². The molecule has 1 N–H and O–H groups in total. The number of thiophene rings is 1. The van der Waals surface area contributed by atoms with Crippen molar-refractivity contribution in [2.45, 2.75) is 25.4 Å². The Kier molecular flexibility index (Phi) is 4.91. The van der Waals surface area contributed by atoms with Crippen LogP contribution in [0.3, 0.4) is 0 Å². The Morgan fingerprint density at radius 1 is 1.45 bits per heavy atom. The van der Waals surface area contributed by atoms with E-state index < -0.39 is 5.97 Å². The van der Waals surface area contributed by atoms with E-state index in [0.717, 1.165) is 39.4 Å². The van der Waals surface area contributed by atoms with Gasteiger partial charge in [-0.25, -0.2) is 0 Å². The van der Waals surface area contributed by atoms with E-state index in [9.17, 15) is 9.90 Å². The first-order chi connectivity index (χ1) is 9.16. The lowest BCUT2D eigenvalue weighted by Crippen LogP contribution is -2.35. The minimum Gasteiger partial charge on any atom is -0.480 e. The van der Waals surface area contributed by atoms with Gasteiger partial charge in [0.05, 0.1) is 5.02 Å². The van der Waals surface area contributed by atoms with Crippen LogP contribution in [0, 0.1) is 0 Å². The number of carboxylic acid groups (broad SMARTS) is 1. The molecule has 3 nitrogen and oxygen atoms in total. The van der Waals surface area contributed by atoms with Gasteiger partial charge in [-0.15, -0.1) is 23.7 Å². The number of likely N-dealkylation sites (tertiary alicyclic amines) is 1. The van der Waals surface area contributed by atoms with Crippen molar-refractivity contribution in [2.75, 3.05) is 6.54 Å². The van der Waals surface area contributed by atoms with Gasteiger partial charge < -0.3 is 5.11 Å². The molecule has 0 radical (unpaired) electrons. The third-order valence-corrected chi connectivity index (χ3v) is 5.30. The number of fused-ring (bicyclic) bond motifs is 1. The first-order valence-electron chi connectivity index (χ1n) is 6.29. The second-order valence-electron chi connectivity index (χ2n) is 4.80. The van der Waals surface area contributed by atoms with E-state index in [2.05, 4.69) is 0 Å². The Labute approximate surface area is 132 Å². The molecule has 2 aromatic rings. The van der Waals surface area contributed by atoms with Gasteiger partial charge in [-0.2, -0.15) is 0 Å². The highest BCUT2D eigenvalue weighted by atomic mass is 35.5. The fourth-order valence-electron chi connectivity index (χ4n) is 2.65. The summed E-state index contributed by atoms with van der Waals surface area (Å²) in [5.74, 6) is -0.727. The SMILES string of the molecule is Cl.O=C(O)[C@H]1CCCN1Cc1sc2ccccc2c1Cl. The molecule has 0 aliphatic carbocycles. The Morgan fingerprint density at radius 3 is 2.90 bits per heavy atom. The van der Waals surface area contributed by atoms with Crippen molar-refractivity contribution in [3.8, 4) is 0 Å². The number of halogens is 2. The molecule has 6 heteroatoms. The van der Waals surface area contributed by atoms with Crippen LogP contribution in [-0.2, 0) is 11.3 Å². The predicted molar refractivity (Wildman–Crippen MR) is 85.2 cm³/mol. The van der Waals surface area contributed by atoms with Crippen LogP contribution in [0.25, 0.3) is 10.1 Å². The van der Waals surface area contributed by atoms with Crippen molar-refractivity contribution in [3.63, 3.8) is 0 Å². The molecule has 3 rings (SSSR count). The Balaban J connectivity index is 0.00000147. The average molecular weight is 332 g/mol. The highest BCUT2D eigenvalue weighted by Gasteiger charge is 2.31. The van der Waals surface area contributed by atoms with Gasteiger partial charge in [-0.05, 0) is 25.5 Å². The van der Waals surface area contributed by atoms with E-state index in [1.807, 2.05) is 29.2 Å². The summed E-state index contributed by atoms with van der Waals surface area (Å²) in [6.45, 7) is 1.47. The van der Waals surface area contributed by atoms with E-state index in [-0.39, 0.29) is 18.4 Å². The van der Waals surface area contributed by atoms with Crippen LogP contribution in [0.1, 0.15) is 17.7 Å². The molecule has 1 aromatic carbocycles. The topological polar surface area (TPSA) is 40.5 Å². The zero-order valence-electron chi connectivity index (χ0n) is 10.7. The maximum absolute atomic E-state index is 11.2. The molecule has 0 spiro atoms. The fourth-order valence-corrected chi connectivity index (χ4v) is 4.16. The molecule has 0 amide bonds. The number of hydrogen-bond acceptors (Lipinski definition) is 3. The minimum absolute atomic E-state index is 0. The van der Waals surface area contributed by atoms with Gasteiger partial charge in [-0.3, -0.25) is 9.69 Å². The average Bonchev–Trinajstić information content (AvgIpc) is 2.97. The summed E-state index contributed by atoms with van der Waals surface area (Å²) in [5.41, 5.74) is 0. The maximum atomic E-state index is 11.2. The summed E-state index contributed by atoms with van der Waals surface area (Å²) in [4.78, 5) is 14.3. The normalized spacial score (nSPS) is 19.1. The van der Waals surface area contributed by atoms with E-state index in [1.54, 1.807) is 11.3 Å². The first kappa shape index (κ1) is 15.6. The van der Waals surface area contributed by atoms with Gasteiger partial charge in [0, 0.05) is 21.5 Å². The fraction of sp³-hybridized carbons (Fsp3) is 0.357. The van der Waals surface area contributed by atoms with Crippen LogP contribution < -0.4 is 0 Å². The summed E-state index contributed by atoms with van der Waals surface area (Å²) in [6, 6.07) is 7.67. The van der Waals surface area contributed by atoms with Crippen LogP contribution in [0.15, 0.2) is 24.3 Å². The smallest absolute Gasteiger partial charge is 0.320 e. The molecule has 1 fully saturated rings. The molecule has 1 atom stereocenters. The predicted octanol–water partition coefficient (Wildman–Crippen LogP) is 4.03. The molecule has 0 bridgehead atoms. The quantitative estimate of drug-likeness (QED) is 0.923. The number of hydrogen-bond donors (Lipinski definition) is 1. The van der Waals surface area contributed by atoms with Crippen molar-refractivity contribution in [1.82, 2.24) is 4.90 Å². The van der Waals surface area contributed by atoms with E-state index >= 15 is 0 Å². The van der Waals surface area contributed by atoms with Gasteiger partial charge in [0.25, 0.3) is 0 Å². The maximum Gasteiger partial charge on any atom is 0.320 e. The van der Waals surface area contributed by atoms with E-state index in [0.29, 0.717) is 6.54 Å². The van der Waals surface area contributed by atoms with Gasteiger partial charge >= 0.3 is 5.97 Å². The standard InChI is InChI=1S/C14H14ClNO2S.ClH/c15-13-9-4-1-2-6-11(9)19-12(13)8-16-7-3-5-10(16)14(17)18;/h1-2,4,6,10H,3,5,7-8H2,(H,17,18);1H/t10-;/m1./s1. The molecular formula is C14H15Cl2NO2S. The summed E-state index contributed by atoms with van der Waals surface area (Å²) >= 11 is 8.06. The van der Waals surface area contributed by atoms with Crippen LogP contribution in [0.2, 0.25) is 5.02 Å². The largest absolute Gasteiger partial charge is 0.480 e. The third-order valence-electron chi connectivity index (χ3n) is 3.60. The van der Waals surface area contributed by atoms with Gasteiger partial charge in [0.15, 0.2) is 0 Å². The van der Waals surface area contributed by atoms with Crippen molar-refractivity contribution in [3.05, 3.63) is 34.2 Å². The molecule has 2 heterocycles. The summed E-state index contributed by atoms with van der Waals surface area (Å²) in [5, 5.41) is 11.0. The molecule has 1 saturated heterocycles. The van der Waals surface area contributed by atoms with Crippen LogP contribution in [-0.4, -0.2) is 28.6 Å². The third kappa shape index (κ3) is 2.79. The van der Waals surface area contributed by atoms with Gasteiger partial charge in [0.2, 0.25) is 0 Å². The number of benzene rings is 1. The monoisotopic (exact) mass is 331 g/mol. The first-order valence-corrected chi connectivity index (χ1v) is 7.49. The van der Waals surface area contributed by atoms with Crippen molar-refractivity contribution < 1.29 is 9.90 Å². The summed E-state index contributed by atoms with van der Waals surface area (Å²) < 4.78 is 1.16. The zero-order valence-corrected chi connectivity index (χ0v) is 13.1. The zero-order chi connectivity index (χ0) is 13.4. The second kappa shape index (κ2) is 6.31. The Morgan fingerprint density at radius 2 is 2.20 bits per heavy atom. The lowest BCUT2D eigenvalue weighted by atomic mass is 10.2. The molecule has 0 saturated carbocycles.